The molecule has 1 saturated heterocycles. The molecule has 3 rings (SSSR count). The Balaban J connectivity index is 1.76. The van der Waals surface area contributed by atoms with Gasteiger partial charge in [0.25, 0.3) is 0 Å². The number of nitrogens with one attached hydrogen (secondary N) is 1. The number of amides is 1. The van der Waals surface area contributed by atoms with E-state index in [1.54, 1.807) is 4.90 Å². The lowest BCUT2D eigenvalue weighted by atomic mass is 10.1. The molecule has 2 heterocycles. The number of piperidine rings is 1. The lowest BCUT2D eigenvalue weighted by Gasteiger charge is -2.34. The molecule has 1 aromatic heterocycles. The standard InChI is InChI=1S/C19H25ClN4O2/c1-12-7-8-14-15(10-12)16(20)22-23-17(14)21-13-6-5-9-24(11-13)18(25)26-19(2,3)4/h7-8,10,13H,5-6,9,11H2,1-4H3,(H,21,23)/t13-/m1/s1. The number of likely N-dealkylation sites (tertiary alicyclic amines) is 1. The highest BCUT2D eigenvalue weighted by Crippen LogP contribution is 2.28. The zero-order valence-corrected chi connectivity index (χ0v) is 16.4. The third kappa shape index (κ3) is 4.36. The molecule has 7 heteroatoms. The number of hydrogen-bond donors (Lipinski definition) is 1. The van der Waals surface area contributed by atoms with E-state index in [0.29, 0.717) is 24.1 Å². The van der Waals surface area contributed by atoms with E-state index in [0.717, 1.165) is 29.2 Å². The fourth-order valence-corrected chi connectivity index (χ4v) is 3.32. The first-order valence-corrected chi connectivity index (χ1v) is 9.28. The van der Waals surface area contributed by atoms with Gasteiger partial charge in [0, 0.05) is 29.9 Å². The Labute approximate surface area is 158 Å². The van der Waals surface area contributed by atoms with Crippen molar-refractivity contribution in [2.24, 2.45) is 0 Å². The van der Waals surface area contributed by atoms with Gasteiger partial charge in [0.1, 0.15) is 5.60 Å². The van der Waals surface area contributed by atoms with E-state index in [2.05, 4.69) is 15.5 Å². The Morgan fingerprint density at radius 1 is 1.31 bits per heavy atom. The highest BCUT2D eigenvalue weighted by molar-refractivity contribution is 6.34. The van der Waals surface area contributed by atoms with Gasteiger partial charge in [0.15, 0.2) is 11.0 Å². The molecule has 2 aromatic rings. The molecule has 1 aromatic carbocycles. The summed E-state index contributed by atoms with van der Waals surface area (Å²) in [6.45, 7) is 8.93. The summed E-state index contributed by atoms with van der Waals surface area (Å²) in [6, 6.07) is 6.13. The second-order valence-electron chi connectivity index (χ2n) is 7.80. The van der Waals surface area contributed by atoms with Crippen molar-refractivity contribution in [3.05, 3.63) is 28.9 Å². The van der Waals surface area contributed by atoms with Crippen LogP contribution in [0, 0.1) is 6.92 Å². The molecule has 1 N–H and O–H groups in total. The van der Waals surface area contributed by atoms with E-state index in [1.165, 1.54) is 0 Å². The van der Waals surface area contributed by atoms with E-state index in [1.807, 2.05) is 45.9 Å². The number of benzene rings is 1. The van der Waals surface area contributed by atoms with Crippen LogP contribution in [0.5, 0.6) is 0 Å². The molecule has 140 valence electrons. The molecule has 0 spiro atoms. The van der Waals surface area contributed by atoms with Crippen molar-refractivity contribution in [3.8, 4) is 0 Å². The van der Waals surface area contributed by atoms with Crippen LogP contribution in [0.3, 0.4) is 0 Å². The molecule has 6 nitrogen and oxygen atoms in total. The molecule has 26 heavy (non-hydrogen) atoms. The third-order valence-corrected chi connectivity index (χ3v) is 4.58. The van der Waals surface area contributed by atoms with Gasteiger partial charge in [-0.25, -0.2) is 4.79 Å². The summed E-state index contributed by atoms with van der Waals surface area (Å²) >= 11 is 6.20. The quantitative estimate of drug-likeness (QED) is 0.841. The number of ether oxygens (including phenoxy) is 1. The molecule has 0 unspecified atom stereocenters. The maximum absolute atomic E-state index is 12.3. The molecule has 1 amide bonds. The number of rotatable bonds is 2. The molecule has 1 fully saturated rings. The fraction of sp³-hybridized carbons (Fsp3) is 0.526. The molecular weight excluding hydrogens is 352 g/mol. The van der Waals surface area contributed by atoms with E-state index < -0.39 is 5.60 Å². The highest BCUT2D eigenvalue weighted by atomic mass is 35.5. The van der Waals surface area contributed by atoms with Gasteiger partial charge in [-0.15, -0.1) is 10.2 Å². The summed E-state index contributed by atoms with van der Waals surface area (Å²) < 4.78 is 5.49. The number of aryl methyl sites for hydroxylation is 1. The fourth-order valence-electron chi connectivity index (χ4n) is 3.12. The number of aromatic nitrogens is 2. The maximum atomic E-state index is 12.3. The van der Waals surface area contributed by atoms with Gasteiger partial charge in [-0.3, -0.25) is 0 Å². The van der Waals surface area contributed by atoms with Crippen LogP contribution in [0.25, 0.3) is 10.8 Å². The Morgan fingerprint density at radius 3 is 2.81 bits per heavy atom. The van der Waals surface area contributed by atoms with E-state index in [4.69, 9.17) is 16.3 Å². The minimum Gasteiger partial charge on any atom is -0.444 e. The lowest BCUT2D eigenvalue weighted by molar-refractivity contribution is 0.0206. The smallest absolute Gasteiger partial charge is 0.410 e. The van der Waals surface area contributed by atoms with Gasteiger partial charge in [-0.1, -0.05) is 29.3 Å². The number of fused-ring (bicyclic) bond motifs is 1. The summed E-state index contributed by atoms with van der Waals surface area (Å²) in [4.78, 5) is 14.1. The minimum absolute atomic E-state index is 0.0937. The second-order valence-corrected chi connectivity index (χ2v) is 8.16. The zero-order valence-electron chi connectivity index (χ0n) is 15.7. The molecule has 1 atom stereocenters. The maximum Gasteiger partial charge on any atom is 0.410 e. The summed E-state index contributed by atoms with van der Waals surface area (Å²) in [6.07, 6.45) is 1.60. The summed E-state index contributed by atoms with van der Waals surface area (Å²) in [5, 5.41) is 13.9. The van der Waals surface area contributed by atoms with E-state index >= 15 is 0 Å². The van der Waals surface area contributed by atoms with Gasteiger partial charge < -0.3 is 15.0 Å². The molecule has 0 aliphatic carbocycles. The van der Waals surface area contributed by atoms with Gasteiger partial charge in [-0.2, -0.15) is 0 Å². The van der Waals surface area contributed by atoms with Gasteiger partial charge >= 0.3 is 6.09 Å². The average molecular weight is 377 g/mol. The number of carbonyl (C=O) groups excluding carboxylic acids is 1. The molecule has 1 aliphatic heterocycles. The van der Waals surface area contributed by atoms with Crippen molar-refractivity contribution in [3.63, 3.8) is 0 Å². The Kier molecular flexibility index (Phi) is 5.23. The van der Waals surface area contributed by atoms with Crippen LogP contribution in [-0.4, -0.2) is 45.9 Å². The average Bonchev–Trinajstić information content (AvgIpc) is 2.56. The first-order valence-electron chi connectivity index (χ1n) is 8.90. The summed E-state index contributed by atoms with van der Waals surface area (Å²) in [7, 11) is 0. The van der Waals surface area contributed by atoms with Crippen molar-refractivity contribution in [1.82, 2.24) is 15.1 Å². The summed E-state index contributed by atoms with van der Waals surface area (Å²) in [5.41, 5.74) is 0.625. The Hall–Kier alpha value is -2.08. The van der Waals surface area contributed by atoms with E-state index in [-0.39, 0.29) is 12.1 Å². The van der Waals surface area contributed by atoms with Crippen LogP contribution < -0.4 is 5.32 Å². The molecule has 0 radical (unpaired) electrons. The number of carbonyl (C=O) groups is 1. The van der Waals surface area contributed by atoms with Crippen LogP contribution in [0.4, 0.5) is 10.6 Å². The van der Waals surface area contributed by atoms with Gasteiger partial charge in [0.05, 0.1) is 0 Å². The number of halogens is 1. The first-order chi connectivity index (χ1) is 12.2. The predicted octanol–water partition coefficient (Wildman–Crippen LogP) is 4.40. The monoisotopic (exact) mass is 376 g/mol. The Morgan fingerprint density at radius 2 is 2.08 bits per heavy atom. The highest BCUT2D eigenvalue weighted by Gasteiger charge is 2.28. The number of nitrogens with zero attached hydrogens (tertiary/aromatic N) is 3. The summed E-state index contributed by atoms with van der Waals surface area (Å²) in [5.74, 6) is 0.695. The number of hydrogen-bond acceptors (Lipinski definition) is 5. The van der Waals surface area contributed by atoms with Crippen molar-refractivity contribution in [2.45, 2.75) is 52.2 Å². The first kappa shape index (κ1) is 18.7. The topological polar surface area (TPSA) is 67.4 Å². The van der Waals surface area contributed by atoms with Gasteiger partial charge in [-0.05, 0) is 46.6 Å². The van der Waals surface area contributed by atoms with Crippen LogP contribution in [0.2, 0.25) is 5.15 Å². The lowest BCUT2D eigenvalue weighted by Crippen LogP contribution is -2.47. The van der Waals surface area contributed by atoms with E-state index in [9.17, 15) is 4.79 Å². The molecule has 0 saturated carbocycles. The van der Waals surface area contributed by atoms with Crippen molar-refractivity contribution in [1.29, 1.82) is 0 Å². The van der Waals surface area contributed by atoms with Crippen molar-refractivity contribution in [2.75, 3.05) is 18.4 Å². The normalized spacial score (nSPS) is 18.0. The molecule has 0 bridgehead atoms. The van der Waals surface area contributed by atoms with Crippen molar-refractivity contribution >= 4 is 34.3 Å². The van der Waals surface area contributed by atoms with Crippen LogP contribution in [-0.2, 0) is 4.74 Å². The molecular formula is C19H25ClN4O2. The van der Waals surface area contributed by atoms with Crippen LogP contribution >= 0.6 is 11.6 Å². The second kappa shape index (κ2) is 7.27. The number of anilines is 1. The Bertz CT molecular complexity index is 819. The predicted molar refractivity (Wildman–Crippen MR) is 104 cm³/mol. The zero-order chi connectivity index (χ0) is 18.9. The third-order valence-electron chi connectivity index (χ3n) is 4.30. The van der Waals surface area contributed by atoms with Crippen LogP contribution in [0.15, 0.2) is 18.2 Å². The van der Waals surface area contributed by atoms with Crippen LogP contribution in [0.1, 0.15) is 39.2 Å². The largest absolute Gasteiger partial charge is 0.444 e. The minimum atomic E-state index is -0.493. The van der Waals surface area contributed by atoms with Crippen molar-refractivity contribution < 1.29 is 9.53 Å². The van der Waals surface area contributed by atoms with Gasteiger partial charge in [0.2, 0.25) is 0 Å². The SMILES string of the molecule is Cc1ccc2c(N[C@@H]3CCCN(C(=O)OC(C)(C)C)C3)nnc(Cl)c2c1. The molecule has 1 aliphatic rings.